The zero-order valence-corrected chi connectivity index (χ0v) is 8.49. The second-order valence-corrected chi connectivity index (χ2v) is 3.12. The van der Waals surface area contributed by atoms with E-state index in [1.807, 2.05) is 0 Å². The molecule has 2 amide bonds. The third-order valence-electron chi connectivity index (χ3n) is 1.82. The Labute approximate surface area is 91.3 Å². The molecule has 2 N–H and O–H groups in total. The molecule has 6 heteroatoms. The summed E-state index contributed by atoms with van der Waals surface area (Å²) in [6.45, 7) is 1.25. The van der Waals surface area contributed by atoms with Gasteiger partial charge in [-0.1, -0.05) is 12.1 Å². The predicted molar refractivity (Wildman–Crippen MR) is 53.0 cm³/mol. The predicted octanol–water partition coefficient (Wildman–Crippen LogP) is 0.0856. The van der Waals surface area contributed by atoms with Crippen molar-refractivity contribution in [1.82, 2.24) is 5.32 Å². The van der Waals surface area contributed by atoms with Gasteiger partial charge in [0.2, 0.25) is 0 Å². The molecule has 0 saturated heterocycles. The minimum absolute atomic E-state index is 0.0226. The van der Waals surface area contributed by atoms with Crippen LogP contribution in [0.2, 0.25) is 0 Å². The zero-order valence-electron chi connectivity index (χ0n) is 8.49. The lowest BCUT2D eigenvalue weighted by atomic mass is 10.3. The van der Waals surface area contributed by atoms with Crippen molar-refractivity contribution in [2.45, 2.75) is 13.0 Å². The summed E-state index contributed by atoms with van der Waals surface area (Å²) in [6.07, 6.45) is 0. The van der Waals surface area contributed by atoms with Gasteiger partial charge in [-0.05, 0) is 19.1 Å². The molecule has 0 aliphatic rings. The van der Waals surface area contributed by atoms with Gasteiger partial charge in [-0.15, -0.1) is 0 Å². The Morgan fingerprint density at radius 1 is 1.38 bits per heavy atom. The molecule has 1 rings (SSSR count). The van der Waals surface area contributed by atoms with Crippen LogP contribution in [0.5, 0.6) is 0 Å². The van der Waals surface area contributed by atoms with Crippen LogP contribution in [0.4, 0.5) is 14.9 Å². The molecule has 5 nitrogen and oxygen atoms in total. The van der Waals surface area contributed by atoms with Crippen molar-refractivity contribution in [2.75, 3.05) is 5.32 Å². The molecular weight excluding hydrogens is 215 g/mol. The molecule has 0 bridgehead atoms. The molecule has 0 aromatic heterocycles. The number of nitrogens with one attached hydrogen (secondary N) is 2. The molecule has 0 heterocycles. The number of halogens is 1. The van der Waals surface area contributed by atoms with Gasteiger partial charge in [0.1, 0.15) is 5.82 Å². The molecule has 1 aromatic rings. The van der Waals surface area contributed by atoms with E-state index in [0.29, 0.717) is 0 Å². The smallest absolute Gasteiger partial charge is 0.319 e. The van der Waals surface area contributed by atoms with E-state index in [-0.39, 0.29) is 5.69 Å². The van der Waals surface area contributed by atoms with E-state index in [0.717, 1.165) is 0 Å². The minimum atomic E-state index is -1.41. The first kappa shape index (κ1) is 12.0. The number of carboxylic acids is 1. The summed E-state index contributed by atoms with van der Waals surface area (Å²) < 4.78 is 13.1. The van der Waals surface area contributed by atoms with Crippen LogP contribution in [0.15, 0.2) is 24.3 Å². The monoisotopic (exact) mass is 225 g/mol. The van der Waals surface area contributed by atoms with E-state index < -0.39 is 23.9 Å². The number of rotatable bonds is 3. The fraction of sp³-hybridized carbons (Fsp3) is 0.200. The number of amides is 2. The molecule has 0 unspecified atom stereocenters. The molecule has 86 valence electrons. The number of urea groups is 1. The van der Waals surface area contributed by atoms with Gasteiger partial charge in [0.05, 0.1) is 17.7 Å². The zero-order chi connectivity index (χ0) is 12.1. The van der Waals surface area contributed by atoms with Gasteiger partial charge in [0, 0.05) is 0 Å². The highest BCUT2D eigenvalue weighted by molar-refractivity contribution is 5.91. The Morgan fingerprint density at radius 3 is 2.56 bits per heavy atom. The number of carbonyl (C=O) groups is 2. The maximum Gasteiger partial charge on any atom is 0.319 e. The fourth-order valence-corrected chi connectivity index (χ4v) is 0.977. The highest BCUT2D eigenvalue weighted by atomic mass is 19.1. The normalized spacial score (nSPS) is 11.6. The summed E-state index contributed by atoms with van der Waals surface area (Å²) in [5.74, 6) is -2.01. The SMILES string of the molecule is C[C@H](NC(=O)Nc1ccccc1F)C(=O)[O-]. The number of benzene rings is 1. The number of hydrogen-bond acceptors (Lipinski definition) is 3. The van der Waals surface area contributed by atoms with Crippen molar-refractivity contribution in [3.63, 3.8) is 0 Å². The molecular formula is C10H10FN2O3-. The molecule has 16 heavy (non-hydrogen) atoms. The molecule has 1 atom stereocenters. The van der Waals surface area contributed by atoms with E-state index in [2.05, 4.69) is 10.6 Å². The summed E-state index contributed by atoms with van der Waals surface area (Å²) >= 11 is 0. The van der Waals surface area contributed by atoms with E-state index in [1.54, 1.807) is 6.07 Å². The van der Waals surface area contributed by atoms with Gasteiger partial charge in [0.25, 0.3) is 0 Å². The van der Waals surface area contributed by atoms with Crippen molar-refractivity contribution in [2.24, 2.45) is 0 Å². The van der Waals surface area contributed by atoms with Crippen molar-refractivity contribution in [1.29, 1.82) is 0 Å². The Morgan fingerprint density at radius 2 is 2.00 bits per heavy atom. The lowest BCUT2D eigenvalue weighted by molar-refractivity contribution is -0.307. The quantitative estimate of drug-likeness (QED) is 0.764. The van der Waals surface area contributed by atoms with Gasteiger partial charge in [-0.3, -0.25) is 0 Å². The first-order valence-corrected chi connectivity index (χ1v) is 4.53. The van der Waals surface area contributed by atoms with Crippen molar-refractivity contribution in [3.05, 3.63) is 30.1 Å². The molecule has 1 aromatic carbocycles. The summed E-state index contributed by atoms with van der Waals surface area (Å²) in [5.41, 5.74) is -0.0226. The molecule has 0 spiro atoms. The number of anilines is 1. The van der Waals surface area contributed by atoms with Crippen molar-refractivity contribution in [3.8, 4) is 0 Å². The van der Waals surface area contributed by atoms with Crippen LogP contribution in [0.25, 0.3) is 0 Å². The Hall–Kier alpha value is -2.11. The number of aliphatic carboxylic acids is 1. The highest BCUT2D eigenvalue weighted by Gasteiger charge is 2.09. The lowest BCUT2D eigenvalue weighted by Gasteiger charge is -2.15. The standard InChI is InChI=1S/C10H11FN2O3/c1-6(9(14)15)12-10(16)13-8-5-3-2-4-7(8)11/h2-6H,1H3,(H,14,15)(H2,12,13,16)/p-1/t6-/m0/s1. The van der Waals surface area contributed by atoms with Crippen LogP contribution in [-0.4, -0.2) is 18.0 Å². The van der Waals surface area contributed by atoms with E-state index in [4.69, 9.17) is 0 Å². The van der Waals surface area contributed by atoms with Crippen molar-refractivity contribution < 1.29 is 19.1 Å². The van der Waals surface area contributed by atoms with E-state index in [9.17, 15) is 19.1 Å². The average Bonchev–Trinajstić information content (AvgIpc) is 2.21. The third kappa shape index (κ3) is 3.23. The third-order valence-corrected chi connectivity index (χ3v) is 1.82. The fourth-order valence-electron chi connectivity index (χ4n) is 0.977. The van der Waals surface area contributed by atoms with Gasteiger partial charge in [-0.25, -0.2) is 9.18 Å². The largest absolute Gasteiger partial charge is 0.548 e. The number of hydrogen-bond donors (Lipinski definition) is 2. The van der Waals surface area contributed by atoms with Gasteiger partial charge in [-0.2, -0.15) is 0 Å². The molecule has 0 aliphatic carbocycles. The first-order valence-electron chi connectivity index (χ1n) is 4.53. The van der Waals surface area contributed by atoms with Crippen molar-refractivity contribution >= 4 is 17.7 Å². The highest BCUT2D eigenvalue weighted by Crippen LogP contribution is 2.11. The van der Waals surface area contributed by atoms with Crippen LogP contribution in [-0.2, 0) is 4.79 Å². The maximum atomic E-state index is 13.1. The number of para-hydroxylation sites is 1. The lowest BCUT2D eigenvalue weighted by Crippen LogP contribution is -2.47. The molecule has 0 fully saturated rings. The molecule has 0 aliphatic heterocycles. The molecule has 0 radical (unpaired) electrons. The first-order chi connectivity index (χ1) is 7.50. The van der Waals surface area contributed by atoms with Crippen LogP contribution in [0.1, 0.15) is 6.92 Å². The average molecular weight is 225 g/mol. The second kappa shape index (κ2) is 5.11. The van der Waals surface area contributed by atoms with E-state index >= 15 is 0 Å². The Balaban J connectivity index is 2.59. The maximum absolute atomic E-state index is 13.1. The van der Waals surface area contributed by atoms with Gasteiger partial charge >= 0.3 is 6.03 Å². The Kier molecular flexibility index (Phi) is 3.82. The van der Waals surface area contributed by atoms with E-state index in [1.165, 1.54) is 25.1 Å². The number of carbonyl (C=O) groups excluding carboxylic acids is 2. The Bertz CT molecular complexity index is 409. The van der Waals surface area contributed by atoms with Gasteiger partial charge < -0.3 is 20.5 Å². The minimum Gasteiger partial charge on any atom is -0.548 e. The number of carboxylic acid groups (broad SMARTS) is 1. The topological polar surface area (TPSA) is 81.3 Å². The van der Waals surface area contributed by atoms with Crippen LogP contribution in [0.3, 0.4) is 0 Å². The van der Waals surface area contributed by atoms with Crippen LogP contribution < -0.4 is 15.7 Å². The van der Waals surface area contributed by atoms with Crippen LogP contribution >= 0.6 is 0 Å². The second-order valence-electron chi connectivity index (χ2n) is 3.12. The molecule has 0 saturated carbocycles. The summed E-state index contributed by atoms with van der Waals surface area (Å²) in [4.78, 5) is 21.5. The van der Waals surface area contributed by atoms with Gasteiger partial charge in [0.15, 0.2) is 0 Å². The van der Waals surface area contributed by atoms with Crippen LogP contribution in [0, 0.1) is 5.82 Å². The summed E-state index contributed by atoms with van der Waals surface area (Å²) in [7, 11) is 0. The summed E-state index contributed by atoms with van der Waals surface area (Å²) in [6, 6.07) is 3.60. The summed E-state index contributed by atoms with van der Waals surface area (Å²) in [5, 5.41) is 14.6.